The maximum Gasteiger partial charge on any atom is 0.326 e. The molecular formula is C65H90N12O24. The van der Waals surface area contributed by atoms with E-state index >= 15 is 0 Å². The number of benzene rings is 2. The molecule has 18 N–H and O–H groups in total. The Balaban J connectivity index is 1.49. The van der Waals surface area contributed by atoms with Crippen LogP contribution < -0.4 is 32.3 Å². The Kier molecular flexibility index (Phi) is 35.3. The van der Waals surface area contributed by atoms with Crippen molar-refractivity contribution in [3.63, 3.8) is 0 Å². The van der Waals surface area contributed by atoms with Crippen LogP contribution in [0.4, 0.5) is 4.79 Å². The van der Waals surface area contributed by atoms with Crippen LogP contribution in [-0.4, -0.2) is 220 Å². The van der Waals surface area contributed by atoms with E-state index in [-0.39, 0.29) is 145 Å². The molecule has 0 fully saturated rings. The minimum absolute atomic E-state index is 0.000454. The van der Waals surface area contributed by atoms with Gasteiger partial charge in [0.2, 0.25) is 11.8 Å². The zero-order chi connectivity index (χ0) is 74.7. The number of aryl methyl sites for hydroxylation is 2. The number of phenolic OH excluding ortho intramolecular Hbond substituents is 2. The van der Waals surface area contributed by atoms with Crippen LogP contribution in [0.25, 0.3) is 0 Å². The van der Waals surface area contributed by atoms with Gasteiger partial charge in [-0.05, 0) is 113 Å². The lowest BCUT2D eigenvalue weighted by Gasteiger charge is -2.32. The fraction of sp³-hybridized carbons (Fsp3) is 0.523. The topological polar surface area (TPSA) is 573 Å². The van der Waals surface area contributed by atoms with Crippen molar-refractivity contribution in [2.24, 2.45) is 11.7 Å². The molecule has 554 valence electrons. The van der Waals surface area contributed by atoms with Crippen molar-refractivity contribution in [2.75, 3.05) is 39.3 Å². The van der Waals surface area contributed by atoms with E-state index in [1.807, 2.05) is 10.2 Å². The number of aliphatic carboxylic acids is 9. The molecule has 4 aromatic rings. The van der Waals surface area contributed by atoms with E-state index in [1.165, 1.54) is 75.2 Å². The Morgan fingerprint density at radius 1 is 0.525 bits per heavy atom. The number of amides is 4. The standard InChI is InChI=1S/C65H90N12O24/c66-44(8-1-4-22-69-54(81)35-77(38-61(94)95)48(43-30-40(11-18-50(43)79)13-20-56(84)85)16-14-45(71-32-58(88)89)42-29-39(10-17-49(42)78)12-19-55(82)83)51(80)31-41(62(96)70-23-5-2-9-46(63(97)98)72-65(101)73-47(64(99)100)15-21-57(86)87)7-3-6-26-74(33-52-67-24-27-75(52)36-59(90)91)34-53-68-25-28-76(53)37-60(92)93/h10-11,17-18,24-25,27-30,41,44-48,71,78-79H,1-9,12-16,19-23,26,31-38,66H2,(H,69,81)(H,70,96)(H,82,83)(H,84,85)(H,86,87)(H,88,89)(H,90,91)(H,92,93)(H,94,95)(H,97,98)(H,99,100)(H2,72,73,101). The summed E-state index contributed by atoms with van der Waals surface area (Å²) in [7, 11) is 0. The third-order valence-electron chi connectivity index (χ3n) is 16.3. The van der Waals surface area contributed by atoms with Crippen LogP contribution >= 0.6 is 0 Å². The lowest BCUT2D eigenvalue weighted by molar-refractivity contribution is -0.141. The van der Waals surface area contributed by atoms with Crippen molar-refractivity contribution in [3.05, 3.63) is 95.1 Å². The second-order valence-electron chi connectivity index (χ2n) is 24.2. The molecule has 101 heavy (non-hydrogen) atoms. The number of rotatable bonds is 53. The predicted molar refractivity (Wildman–Crippen MR) is 352 cm³/mol. The second-order valence-corrected chi connectivity index (χ2v) is 24.2. The highest BCUT2D eigenvalue weighted by Gasteiger charge is 2.31. The number of hydrogen-bond acceptors (Lipinski definition) is 21. The van der Waals surface area contributed by atoms with Crippen molar-refractivity contribution in [3.8, 4) is 11.5 Å². The molecule has 0 bridgehead atoms. The highest BCUT2D eigenvalue weighted by atomic mass is 16.4. The molecule has 4 amide bonds. The van der Waals surface area contributed by atoms with Crippen molar-refractivity contribution in [1.82, 2.24) is 55.5 Å². The summed E-state index contributed by atoms with van der Waals surface area (Å²) in [4.78, 5) is 171. The smallest absolute Gasteiger partial charge is 0.326 e. The number of urea groups is 1. The summed E-state index contributed by atoms with van der Waals surface area (Å²) in [6, 6.07) is 1.02. The van der Waals surface area contributed by atoms with Gasteiger partial charge in [0.05, 0.1) is 38.8 Å². The first kappa shape index (κ1) is 82.8. The van der Waals surface area contributed by atoms with Gasteiger partial charge >= 0.3 is 59.8 Å². The fourth-order valence-electron chi connectivity index (χ4n) is 11.2. The summed E-state index contributed by atoms with van der Waals surface area (Å²) in [6.45, 7) is -2.33. The lowest BCUT2D eigenvalue weighted by atomic mass is 9.91. The molecule has 0 aliphatic carbocycles. The zero-order valence-corrected chi connectivity index (χ0v) is 55.5. The number of Topliss-reactive ketones (excluding diaryl/α,β-unsaturated/α-hetero) is 1. The molecule has 0 saturated heterocycles. The van der Waals surface area contributed by atoms with Gasteiger partial charge in [0, 0.05) is 92.7 Å². The number of aromatic hydroxyl groups is 2. The summed E-state index contributed by atoms with van der Waals surface area (Å²) < 4.78 is 2.87. The van der Waals surface area contributed by atoms with Crippen LogP contribution in [0, 0.1) is 5.92 Å². The number of unbranched alkanes of at least 4 members (excludes halogenated alkanes) is 3. The Bertz CT molecular complexity index is 3430. The quantitative estimate of drug-likeness (QED) is 0.0280. The van der Waals surface area contributed by atoms with Gasteiger partial charge in [0.25, 0.3) is 0 Å². The monoisotopic (exact) mass is 1420 g/mol. The molecule has 0 spiro atoms. The third kappa shape index (κ3) is 31.4. The molecule has 2 aromatic heterocycles. The van der Waals surface area contributed by atoms with Gasteiger partial charge in [0.15, 0.2) is 0 Å². The predicted octanol–water partition coefficient (Wildman–Crippen LogP) is 1.74. The molecule has 0 aliphatic heterocycles. The summed E-state index contributed by atoms with van der Waals surface area (Å²) in [5.41, 5.74) is 7.67. The van der Waals surface area contributed by atoms with E-state index in [4.69, 9.17) is 10.8 Å². The molecule has 4 rings (SSSR count). The van der Waals surface area contributed by atoms with Gasteiger partial charge in [0.1, 0.15) is 54.1 Å². The van der Waals surface area contributed by atoms with E-state index in [2.05, 4.69) is 31.2 Å². The van der Waals surface area contributed by atoms with Crippen LogP contribution in [0.15, 0.2) is 61.2 Å². The van der Waals surface area contributed by atoms with Crippen LogP contribution in [0.5, 0.6) is 11.5 Å². The van der Waals surface area contributed by atoms with Crippen LogP contribution in [0.3, 0.4) is 0 Å². The number of hydrogen-bond donors (Lipinski definition) is 17. The van der Waals surface area contributed by atoms with Crippen molar-refractivity contribution in [2.45, 2.75) is 172 Å². The Morgan fingerprint density at radius 2 is 1.04 bits per heavy atom. The normalized spacial score (nSPS) is 13.1. The molecule has 36 heteroatoms. The maximum atomic E-state index is 14.0. The van der Waals surface area contributed by atoms with Gasteiger partial charge in [-0.1, -0.05) is 30.7 Å². The summed E-state index contributed by atoms with van der Waals surface area (Å²) in [6.07, 6.45) is 5.21. The van der Waals surface area contributed by atoms with Gasteiger partial charge in [-0.15, -0.1) is 0 Å². The average molecular weight is 1420 g/mol. The first-order valence-electron chi connectivity index (χ1n) is 32.6. The number of aromatic nitrogens is 4. The maximum absolute atomic E-state index is 14.0. The molecule has 2 aromatic carbocycles. The van der Waals surface area contributed by atoms with E-state index < -0.39 is 159 Å². The van der Waals surface area contributed by atoms with Gasteiger partial charge < -0.3 is 92.3 Å². The Hall–Kier alpha value is -10.6. The number of carbonyl (C=O) groups excluding carboxylic acids is 4. The largest absolute Gasteiger partial charge is 0.508 e. The number of carboxylic acid groups (broad SMARTS) is 9. The van der Waals surface area contributed by atoms with Crippen molar-refractivity contribution < 1.29 is 119 Å². The van der Waals surface area contributed by atoms with Crippen molar-refractivity contribution in [1.29, 1.82) is 0 Å². The zero-order valence-electron chi connectivity index (χ0n) is 55.5. The number of carboxylic acids is 9. The van der Waals surface area contributed by atoms with Crippen LogP contribution in [-0.2, 0) is 96.6 Å². The molecule has 36 nitrogen and oxygen atoms in total. The minimum Gasteiger partial charge on any atom is -0.508 e. The first-order valence-corrected chi connectivity index (χ1v) is 32.6. The molecule has 6 atom stereocenters. The summed E-state index contributed by atoms with van der Waals surface area (Å²) in [5.74, 6) is -14.0. The number of nitrogens with one attached hydrogen (secondary N) is 5. The highest BCUT2D eigenvalue weighted by Crippen LogP contribution is 2.37. The number of nitrogens with two attached hydrogens (primary N) is 1. The fourth-order valence-corrected chi connectivity index (χ4v) is 11.2. The lowest BCUT2D eigenvalue weighted by Crippen LogP contribution is -2.51. The number of nitrogens with zero attached hydrogens (tertiary/aromatic N) is 6. The van der Waals surface area contributed by atoms with Gasteiger partial charge in [-0.2, -0.15) is 0 Å². The van der Waals surface area contributed by atoms with Crippen LogP contribution in [0.2, 0.25) is 0 Å². The van der Waals surface area contributed by atoms with E-state index in [0.717, 1.165) is 0 Å². The molecular weight excluding hydrogens is 1330 g/mol. The van der Waals surface area contributed by atoms with Crippen molar-refractivity contribution >= 4 is 77.4 Å². The Morgan fingerprint density at radius 3 is 1.56 bits per heavy atom. The van der Waals surface area contributed by atoms with Gasteiger partial charge in [-0.3, -0.25) is 63.1 Å². The Labute approximate surface area is 578 Å². The molecule has 0 aliphatic rings. The molecule has 6 unspecified atom stereocenters. The van der Waals surface area contributed by atoms with Gasteiger partial charge in [-0.25, -0.2) is 24.4 Å². The number of carbonyl (C=O) groups is 13. The molecule has 2 heterocycles. The number of phenols is 2. The highest BCUT2D eigenvalue weighted by molar-refractivity contribution is 5.90. The number of imidazole rings is 2. The van der Waals surface area contributed by atoms with E-state index in [1.54, 1.807) is 0 Å². The first-order chi connectivity index (χ1) is 47.9. The third-order valence-corrected chi connectivity index (χ3v) is 16.3. The second kappa shape index (κ2) is 43.1. The molecule has 0 saturated carbocycles. The number of ketones is 1. The minimum atomic E-state index is -1.63. The summed E-state index contributed by atoms with van der Waals surface area (Å²) in [5, 5.41) is 121. The average Bonchev–Trinajstić information content (AvgIpc) is 1.45. The SMILES string of the molecule is NC(CCCCNC(=O)CN(CC(=O)O)C(CCC(NCC(=O)O)c1cc(CCC(=O)O)ccc1O)c1cc(CCC(=O)O)ccc1O)C(=O)CC(CCCCN(Cc1nccn1CC(=O)O)Cc1nccn1CC(=O)O)C(=O)NCCCCC(NC(=O)NC(CCC(=O)O)C(=O)O)C(=O)O. The summed E-state index contributed by atoms with van der Waals surface area (Å²) >= 11 is 0. The van der Waals surface area contributed by atoms with Crippen LogP contribution in [0.1, 0.15) is 149 Å². The van der Waals surface area contributed by atoms with E-state index in [9.17, 15) is 113 Å². The van der Waals surface area contributed by atoms with E-state index in [0.29, 0.717) is 35.6 Å². The molecule has 0 radical (unpaired) electrons.